The van der Waals surface area contributed by atoms with E-state index >= 15 is 0 Å². The predicted molar refractivity (Wildman–Crippen MR) is 124 cm³/mol. The highest BCUT2D eigenvalue weighted by atomic mass is 16.5. The standard InChI is InChI=1S/C25H29BN2O5/c1-3-33-25(32)21(14-13-18-9-5-4-6-10-18)28(26)17(2)23(29)27-16-20-12-8-7-11-19(20)15-22(27)24(30)31/h4-12,17,21-22H,3,13-16H2,1-2H3,(H,30,31)/t17-,21-,22?/m0/s1. The van der Waals surface area contributed by atoms with Gasteiger partial charge in [-0.15, -0.1) is 0 Å². The number of hydrogen-bond donors (Lipinski definition) is 1. The average molecular weight is 448 g/mol. The van der Waals surface area contributed by atoms with Gasteiger partial charge in [0, 0.05) is 13.0 Å². The van der Waals surface area contributed by atoms with Crippen molar-refractivity contribution in [1.29, 1.82) is 0 Å². The minimum Gasteiger partial charge on any atom is -0.480 e. The van der Waals surface area contributed by atoms with Crippen LogP contribution in [0.15, 0.2) is 54.6 Å². The smallest absolute Gasteiger partial charge is 0.326 e. The van der Waals surface area contributed by atoms with Crippen LogP contribution >= 0.6 is 0 Å². The number of carboxylic acids is 1. The Bertz CT molecular complexity index is 984. The summed E-state index contributed by atoms with van der Waals surface area (Å²) in [6.45, 7) is 3.68. The maximum absolute atomic E-state index is 13.4. The van der Waals surface area contributed by atoms with Crippen LogP contribution in [0.1, 0.15) is 37.0 Å². The molecular weight excluding hydrogens is 419 g/mol. The van der Waals surface area contributed by atoms with Crippen LogP contribution < -0.4 is 0 Å². The number of fused-ring (bicyclic) bond motifs is 1. The maximum atomic E-state index is 13.4. The zero-order valence-corrected chi connectivity index (χ0v) is 19.0. The zero-order chi connectivity index (χ0) is 24.0. The molecule has 0 saturated heterocycles. The molecule has 3 atom stereocenters. The summed E-state index contributed by atoms with van der Waals surface area (Å²) in [7, 11) is 6.32. The molecule has 1 aliphatic heterocycles. The molecule has 0 bridgehead atoms. The number of ether oxygens (including phenoxy) is 1. The lowest BCUT2D eigenvalue weighted by Crippen LogP contribution is -2.57. The number of carboxylic acid groups (broad SMARTS) is 1. The summed E-state index contributed by atoms with van der Waals surface area (Å²) in [6.07, 6.45) is 1.17. The normalized spacial score (nSPS) is 17.2. The van der Waals surface area contributed by atoms with Gasteiger partial charge in [0.15, 0.2) is 7.98 Å². The molecule has 0 saturated carbocycles. The fourth-order valence-electron chi connectivity index (χ4n) is 4.19. The van der Waals surface area contributed by atoms with Crippen molar-refractivity contribution in [2.45, 2.75) is 57.8 Å². The van der Waals surface area contributed by atoms with Crippen molar-refractivity contribution < 1.29 is 24.2 Å². The first-order valence-corrected chi connectivity index (χ1v) is 11.2. The van der Waals surface area contributed by atoms with E-state index in [9.17, 15) is 19.5 Å². The van der Waals surface area contributed by atoms with Crippen molar-refractivity contribution in [3.05, 3.63) is 71.3 Å². The molecule has 8 heteroatoms. The summed E-state index contributed by atoms with van der Waals surface area (Å²) in [4.78, 5) is 40.6. The van der Waals surface area contributed by atoms with Crippen molar-refractivity contribution in [3.63, 3.8) is 0 Å². The van der Waals surface area contributed by atoms with Gasteiger partial charge in [-0.05, 0) is 43.4 Å². The molecule has 1 aliphatic rings. The Morgan fingerprint density at radius 3 is 2.39 bits per heavy atom. The van der Waals surface area contributed by atoms with Crippen molar-refractivity contribution in [2.75, 3.05) is 6.61 Å². The third-order valence-electron chi connectivity index (χ3n) is 6.09. The number of carbonyl (C=O) groups is 3. The van der Waals surface area contributed by atoms with E-state index in [-0.39, 0.29) is 19.6 Å². The number of benzene rings is 2. The van der Waals surface area contributed by atoms with Crippen LogP contribution in [0.25, 0.3) is 0 Å². The van der Waals surface area contributed by atoms with Crippen LogP contribution in [0.3, 0.4) is 0 Å². The van der Waals surface area contributed by atoms with Gasteiger partial charge >= 0.3 is 11.9 Å². The van der Waals surface area contributed by atoms with Crippen LogP contribution in [-0.4, -0.2) is 65.4 Å². The molecule has 2 aromatic carbocycles. The fraction of sp³-hybridized carbons (Fsp3) is 0.400. The number of rotatable bonds is 9. The van der Waals surface area contributed by atoms with E-state index in [1.54, 1.807) is 13.8 Å². The zero-order valence-electron chi connectivity index (χ0n) is 19.0. The van der Waals surface area contributed by atoms with Gasteiger partial charge in [0.05, 0.1) is 18.7 Å². The third kappa shape index (κ3) is 5.82. The number of aryl methyl sites for hydroxylation is 1. The van der Waals surface area contributed by atoms with Gasteiger partial charge in [-0.2, -0.15) is 0 Å². The molecule has 172 valence electrons. The topological polar surface area (TPSA) is 87.2 Å². The Labute approximate surface area is 195 Å². The van der Waals surface area contributed by atoms with Crippen LogP contribution in [0.4, 0.5) is 0 Å². The van der Waals surface area contributed by atoms with E-state index in [1.165, 1.54) is 9.71 Å². The van der Waals surface area contributed by atoms with E-state index < -0.39 is 36.0 Å². The van der Waals surface area contributed by atoms with E-state index in [4.69, 9.17) is 12.7 Å². The number of nitrogens with zero attached hydrogens (tertiary/aromatic N) is 2. The van der Waals surface area contributed by atoms with Gasteiger partial charge in [0.2, 0.25) is 5.91 Å². The van der Waals surface area contributed by atoms with Gasteiger partial charge in [0.25, 0.3) is 0 Å². The van der Waals surface area contributed by atoms with E-state index in [2.05, 4.69) is 0 Å². The maximum Gasteiger partial charge on any atom is 0.326 e. The number of amides is 1. The molecule has 0 fully saturated rings. The monoisotopic (exact) mass is 448 g/mol. The average Bonchev–Trinajstić information content (AvgIpc) is 2.83. The molecule has 0 aromatic heterocycles. The van der Waals surface area contributed by atoms with Crippen molar-refractivity contribution in [1.82, 2.24) is 9.71 Å². The third-order valence-corrected chi connectivity index (χ3v) is 6.09. The largest absolute Gasteiger partial charge is 0.480 e. The molecule has 33 heavy (non-hydrogen) atoms. The van der Waals surface area contributed by atoms with Crippen LogP contribution in [0.5, 0.6) is 0 Å². The first-order valence-electron chi connectivity index (χ1n) is 11.2. The second kappa shape index (κ2) is 11.1. The molecule has 0 spiro atoms. The first-order chi connectivity index (χ1) is 15.8. The van der Waals surface area contributed by atoms with Crippen molar-refractivity contribution in [2.24, 2.45) is 0 Å². The van der Waals surface area contributed by atoms with Crippen LogP contribution in [0.2, 0.25) is 0 Å². The summed E-state index contributed by atoms with van der Waals surface area (Å²) in [5.41, 5.74) is 2.86. The second-order valence-corrected chi connectivity index (χ2v) is 8.21. The summed E-state index contributed by atoms with van der Waals surface area (Å²) in [5, 5.41) is 9.77. The molecule has 3 rings (SSSR count). The minimum absolute atomic E-state index is 0.179. The lowest BCUT2D eigenvalue weighted by Gasteiger charge is -2.39. The van der Waals surface area contributed by atoms with Gasteiger partial charge in [-0.3, -0.25) is 9.59 Å². The van der Waals surface area contributed by atoms with Gasteiger partial charge < -0.3 is 19.6 Å². The van der Waals surface area contributed by atoms with Crippen LogP contribution in [0, 0.1) is 0 Å². The molecule has 2 radical (unpaired) electrons. The summed E-state index contributed by atoms with van der Waals surface area (Å²) < 4.78 is 5.22. The molecular formula is C25H29BN2O5. The Kier molecular flexibility index (Phi) is 8.28. The van der Waals surface area contributed by atoms with Gasteiger partial charge in [-0.1, -0.05) is 54.6 Å². The lowest BCUT2D eigenvalue weighted by molar-refractivity contribution is -0.155. The summed E-state index contributed by atoms with van der Waals surface area (Å²) in [5.74, 6) is -2.01. The van der Waals surface area contributed by atoms with E-state index in [0.717, 1.165) is 16.7 Å². The molecule has 2 aromatic rings. The van der Waals surface area contributed by atoms with Crippen molar-refractivity contribution >= 4 is 25.8 Å². The molecule has 7 nitrogen and oxygen atoms in total. The molecule has 1 unspecified atom stereocenters. The fourth-order valence-corrected chi connectivity index (χ4v) is 4.19. The molecule has 1 N–H and O–H groups in total. The lowest BCUT2D eigenvalue weighted by atomic mass is 9.92. The van der Waals surface area contributed by atoms with Crippen LogP contribution in [-0.2, 0) is 38.5 Å². The molecule has 0 aliphatic carbocycles. The second-order valence-electron chi connectivity index (χ2n) is 8.21. The Morgan fingerprint density at radius 1 is 1.12 bits per heavy atom. The Balaban J connectivity index is 1.79. The Hall–Kier alpha value is -3.13. The molecule has 1 amide bonds. The highest BCUT2D eigenvalue weighted by molar-refractivity contribution is 6.09. The number of esters is 1. The SMILES string of the molecule is [B]N([C@@H](C)C(=O)N1Cc2ccccc2CC1C(=O)O)[C@@H](CCc1ccccc1)C(=O)OCC. The number of aliphatic carboxylic acids is 1. The minimum atomic E-state index is -1.07. The van der Waals surface area contributed by atoms with E-state index in [0.29, 0.717) is 12.8 Å². The van der Waals surface area contributed by atoms with E-state index in [1.807, 2.05) is 54.6 Å². The number of hydrogen-bond acceptors (Lipinski definition) is 5. The Morgan fingerprint density at radius 2 is 1.76 bits per heavy atom. The number of carbonyl (C=O) groups excluding carboxylic acids is 2. The highest BCUT2D eigenvalue weighted by Gasteiger charge is 2.39. The van der Waals surface area contributed by atoms with Gasteiger partial charge in [-0.25, -0.2) is 4.79 Å². The first kappa shape index (κ1) is 24.5. The summed E-state index contributed by atoms with van der Waals surface area (Å²) >= 11 is 0. The highest BCUT2D eigenvalue weighted by Crippen LogP contribution is 2.25. The quantitative estimate of drug-likeness (QED) is 0.468. The van der Waals surface area contributed by atoms with Crippen molar-refractivity contribution in [3.8, 4) is 0 Å². The molecule has 1 heterocycles. The predicted octanol–water partition coefficient (Wildman–Crippen LogP) is 2.36. The summed E-state index contributed by atoms with van der Waals surface area (Å²) in [6, 6.07) is 14.4. The van der Waals surface area contributed by atoms with Gasteiger partial charge in [0.1, 0.15) is 6.04 Å².